The van der Waals surface area contributed by atoms with Crippen molar-refractivity contribution in [2.24, 2.45) is 0 Å². The van der Waals surface area contributed by atoms with Gasteiger partial charge in [-0.1, -0.05) is 44.2 Å². The van der Waals surface area contributed by atoms with Crippen LogP contribution in [0.2, 0.25) is 0 Å². The summed E-state index contributed by atoms with van der Waals surface area (Å²) in [7, 11) is 0. The monoisotopic (exact) mass is 395 g/mol. The van der Waals surface area contributed by atoms with E-state index in [0.717, 1.165) is 44.9 Å². The van der Waals surface area contributed by atoms with Crippen LogP contribution in [0.15, 0.2) is 54.6 Å². The molecule has 1 N–H and O–H groups in total. The summed E-state index contributed by atoms with van der Waals surface area (Å²) in [4.78, 5) is 16.9. The van der Waals surface area contributed by atoms with Gasteiger partial charge in [0.15, 0.2) is 6.61 Å². The summed E-state index contributed by atoms with van der Waals surface area (Å²) in [5, 5.41) is 2.96. The van der Waals surface area contributed by atoms with Crippen LogP contribution in [-0.2, 0) is 4.79 Å². The Bertz CT molecular complexity index is 738. The van der Waals surface area contributed by atoms with Crippen molar-refractivity contribution < 1.29 is 9.53 Å². The van der Waals surface area contributed by atoms with Crippen molar-refractivity contribution in [3.63, 3.8) is 0 Å². The van der Waals surface area contributed by atoms with Crippen LogP contribution in [0.1, 0.15) is 31.7 Å². The average Bonchev–Trinajstić information content (AvgIpc) is 2.76. The van der Waals surface area contributed by atoms with Gasteiger partial charge in [-0.15, -0.1) is 0 Å². The molecule has 3 rings (SSSR count). The molecule has 1 saturated heterocycles. The molecular formula is C24H33N3O2. The average molecular weight is 396 g/mol. The predicted molar refractivity (Wildman–Crippen MR) is 119 cm³/mol. The van der Waals surface area contributed by atoms with Gasteiger partial charge in [-0.05, 0) is 48.7 Å². The van der Waals surface area contributed by atoms with Gasteiger partial charge in [0.25, 0.3) is 5.91 Å². The van der Waals surface area contributed by atoms with E-state index < -0.39 is 0 Å². The topological polar surface area (TPSA) is 44.8 Å². The van der Waals surface area contributed by atoms with Gasteiger partial charge >= 0.3 is 0 Å². The highest BCUT2D eigenvalue weighted by atomic mass is 16.5. The molecule has 1 aliphatic heterocycles. The smallest absolute Gasteiger partial charge is 0.257 e. The second kappa shape index (κ2) is 10.9. The zero-order chi connectivity index (χ0) is 20.5. The van der Waals surface area contributed by atoms with E-state index in [1.54, 1.807) is 0 Å². The summed E-state index contributed by atoms with van der Waals surface area (Å²) in [5.74, 6) is 1.17. The lowest BCUT2D eigenvalue weighted by Crippen LogP contribution is -2.47. The van der Waals surface area contributed by atoms with Crippen molar-refractivity contribution in [1.29, 1.82) is 0 Å². The number of piperazine rings is 1. The number of ether oxygens (including phenoxy) is 1. The number of carbonyl (C=O) groups excluding carboxylic acids is 1. The van der Waals surface area contributed by atoms with Crippen LogP contribution in [0, 0.1) is 0 Å². The lowest BCUT2D eigenvalue weighted by molar-refractivity contribution is -0.123. The number of hydrogen-bond acceptors (Lipinski definition) is 4. The summed E-state index contributed by atoms with van der Waals surface area (Å²) in [6, 6.07) is 18.5. The number of benzene rings is 2. The number of carbonyl (C=O) groups is 1. The van der Waals surface area contributed by atoms with Crippen LogP contribution in [-0.4, -0.2) is 56.7 Å². The van der Waals surface area contributed by atoms with Gasteiger partial charge in [-0.2, -0.15) is 0 Å². The predicted octanol–water partition coefficient (Wildman–Crippen LogP) is 3.52. The first-order valence-electron chi connectivity index (χ1n) is 10.6. The minimum Gasteiger partial charge on any atom is -0.484 e. The third-order valence-corrected chi connectivity index (χ3v) is 5.38. The lowest BCUT2D eigenvalue weighted by Gasteiger charge is -2.36. The molecule has 0 spiro atoms. The molecular weight excluding hydrogens is 362 g/mol. The molecule has 0 unspecified atom stereocenters. The molecule has 0 atom stereocenters. The Morgan fingerprint density at radius 2 is 1.69 bits per heavy atom. The molecule has 0 saturated carbocycles. The van der Waals surface area contributed by atoms with Gasteiger partial charge in [-0.3, -0.25) is 9.69 Å². The second-order valence-corrected chi connectivity index (χ2v) is 7.88. The summed E-state index contributed by atoms with van der Waals surface area (Å²) in [5.41, 5.74) is 2.57. The highest BCUT2D eigenvalue weighted by Gasteiger charge is 2.16. The first-order chi connectivity index (χ1) is 14.1. The summed E-state index contributed by atoms with van der Waals surface area (Å²) in [6.07, 6.45) is 0.958. The Hall–Kier alpha value is -2.53. The Morgan fingerprint density at radius 3 is 2.34 bits per heavy atom. The third kappa shape index (κ3) is 6.79. The van der Waals surface area contributed by atoms with E-state index in [2.05, 4.69) is 71.4 Å². The molecule has 1 heterocycles. The normalized spacial score (nSPS) is 14.8. The van der Waals surface area contributed by atoms with Crippen molar-refractivity contribution in [1.82, 2.24) is 10.2 Å². The first kappa shape index (κ1) is 21.2. The van der Waals surface area contributed by atoms with Gasteiger partial charge in [0.1, 0.15) is 5.75 Å². The maximum absolute atomic E-state index is 12.0. The minimum absolute atomic E-state index is 0.0631. The number of para-hydroxylation sites is 1. The fourth-order valence-corrected chi connectivity index (χ4v) is 3.55. The Labute approximate surface area is 174 Å². The quantitative estimate of drug-likeness (QED) is 0.660. The zero-order valence-electron chi connectivity index (χ0n) is 17.6. The van der Waals surface area contributed by atoms with E-state index in [0.29, 0.717) is 12.5 Å². The van der Waals surface area contributed by atoms with Crippen LogP contribution in [0.5, 0.6) is 5.75 Å². The summed E-state index contributed by atoms with van der Waals surface area (Å²) >= 11 is 0. The maximum Gasteiger partial charge on any atom is 0.257 e. The standard InChI is InChI=1S/C24H33N3O2/c1-20(2)21-9-11-23(12-10-21)29-19-24(28)25-13-6-14-26-15-17-27(18-16-26)22-7-4-3-5-8-22/h3-5,7-12,20H,6,13-19H2,1-2H3,(H,25,28). The second-order valence-electron chi connectivity index (χ2n) is 7.88. The number of nitrogens with one attached hydrogen (secondary N) is 1. The zero-order valence-corrected chi connectivity index (χ0v) is 17.6. The molecule has 1 aliphatic rings. The number of amides is 1. The Balaban J connectivity index is 1.26. The van der Waals surface area contributed by atoms with Gasteiger partial charge in [0.05, 0.1) is 0 Å². The first-order valence-corrected chi connectivity index (χ1v) is 10.6. The van der Waals surface area contributed by atoms with Crippen molar-refractivity contribution in [3.8, 4) is 5.75 Å². The molecule has 29 heavy (non-hydrogen) atoms. The lowest BCUT2D eigenvalue weighted by atomic mass is 10.0. The van der Waals surface area contributed by atoms with E-state index in [4.69, 9.17) is 4.74 Å². The van der Waals surface area contributed by atoms with Crippen molar-refractivity contribution in [2.45, 2.75) is 26.2 Å². The molecule has 5 nitrogen and oxygen atoms in total. The van der Waals surface area contributed by atoms with Crippen molar-refractivity contribution in [2.75, 3.05) is 50.8 Å². The fraction of sp³-hybridized carbons (Fsp3) is 0.458. The van der Waals surface area contributed by atoms with Gasteiger partial charge in [-0.25, -0.2) is 0 Å². The summed E-state index contributed by atoms with van der Waals surface area (Å²) < 4.78 is 5.58. The molecule has 5 heteroatoms. The highest BCUT2D eigenvalue weighted by Crippen LogP contribution is 2.18. The van der Waals surface area contributed by atoms with Crippen LogP contribution in [0.4, 0.5) is 5.69 Å². The SMILES string of the molecule is CC(C)c1ccc(OCC(=O)NCCCN2CCN(c3ccccc3)CC2)cc1. The van der Waals surface area contributed by atoms with Crippen LogP contribution < -0.4 is 15.0 Å². The van der Waals surface area contributed by atoms with Crippen LogP contribution >= 0.6 is 0 Å². The van der Waals surface area contributed by atoms with Gasteiger partial charge < -0.3 is 15.0 Å². The Kier molecular flexibility index (Phi) is 7.94. The minimum atomic E-state index is -0.0631. The fourth-order valence-electron chi connectivity index (χ4n) is 3.55. The Morgan fingerprint density at radius 1 is 1.00 bits per heavy atom. The van der Waals surface area contributed by atoms with Crippen LogP contribution in [0.25, 0.3) is 0 Å². The molecule has 0 radical (unpaired) electrons. The molecule has 2 aromatic rings. The van der Waals surface area contributed by atoms with Crippen molar-refractivity contribution in [3.05, 3.63) is 60.2 Å². The molecule has 2 aromatic carbocycles. The van der Waals surface area contributed by atoms with Gasteiger partial charge in [0, 0.05) is 38.4 Å². The molecule has 156 valence electrons. The number of nitrogens with zero attached hydrogens (tertiary/aromatic N) is 2. The molecule has 1 fully saturated rings. The van der Waals surface area contributed by atoms with E-state index in [1.165, 1.54) is 11.3 Å². The van der Waals surface area contributed by atoms with E-state index >= 15 is 0 Å². The molecule has 0 aromatic heterocycles. The van der Waals surface area contributed by atoms with E-state index in [1.807, 2.05) is 12.1 Å². The number of rotatable bonds is 9. The van der Waals surface area contributed by atoms with Crippen molar-refractivity contribution >= 4 is 11.6 Å². The van der Waals surface area contributed by atoms with Crippen LogP contribution in [0.3, 0.4) is 0 Å². The number of hydrogen-bond donors (Lipinski definition) is 1. The summed E-state index contributed by atoms with van der Waals surface area (Å²) in [6.45, 7) is 10.3. The highest BCUT2D eigenvalue weighted by molar-refractivity contribution is 5.77. The largest absolute Gasteiger partial charge is 0.484 e. The molecule has 1 amide bonds. The molecule has 0 bridgehead atoms. The third-order valence-electron chi connectivity index (χ3n) is 5.38. The number of anilines is 1. The maximum atomic E-state index is 12.0. The van der Waals surface area contributed by atoms with Gasteiger partial charge in [0.2, 0.25) is 0 Å². The van der Waals surface area contributed by atoms with E-state index in [9.17, 15) is 4.79 Å². The van der Waals surface area contributed by atoms with E-state index in [-0.39, 0.29) is 12.5 Å². The molecule has 0 aliphatic carbocycles.